The first-order chi connectivity index (χ1) is 6.20. The molecule has 1 aromatic heterocycles. The van der Waals surface area contributed by atoms with Crippen LogP contribution in [0, 0.1) is 5.82 Å². The van der Waals surface area contributed by atoms with Crippen molar-refractivity contribution in [3.05, 3.63) is 28.9 Å². The third-order valence-electron chi connectivity index (χ3n) is 1.75. The number of thiophene rings is 1. The molecular formula is C9H6ClFS2. The van der Waals surface area contributed by atoms with Gasteiger partial charge in [-0.15, -0.1) is 35.6 Å². The van der Waals surface area contributed by atoms with Crippen LogP contribution in [0.2, 0.25) is 0 Å². The van der Waals surface area contributed by atoms with Crippen LogP contribution in [0.3, 0.4) is 0 Å². The van der Waals surface area contributed by atoms with Crippen molar-refractivity contribution in [1.29, 1.82) is 0 Å². The van der Waals surface area contributed by atoms with Crippen LogP contribution in [0.5, 0.6) is 0 Å². The van der Waals surface area contributed by atoms with E-state index in [1.807, 2.05) is 6.07 Å². The minimum Gasteiger partial charge on any atom is -0.206 e. The lowest BCUT2D eigenvalue weighted by Gasteiger charge is -1.93. The number of alkyl halides is 1. The molecule has 0 aliphatic heterocycles. The van der Waals surface area contributed by atoms with Crippen LogP contribution in [-0.2, 0) is 5.88 Å². The molecule has 68 valence electrons. The molecule has 2 aromatic rings. The fraction of sp³-hybridized carbons (Fsp3) is 0.111. The summed E-state index contributed by atoms with van der Waals surface area (Å²) in [5.74, 6) is 0.204. The molecule has 0 atom stereocenters. The summed E-state index contributed by atoms with van der Waals surface area (Å²) in [5, 5.41) is 0.637. The van der Waals surface area contributed by atoms with E-state index in [4.69, 9.17) is 11.6 Å². The van der Waals surface area contributed by atoms with Gasteiger partial charge in [-0.25, -0.2) is 4.39 Å². The first kappa shape index (κ1) is 9.31. The summed E-state index contributed by atoms with van der Waals surface area (Å²) >= 11 is 11.3. The quantitative estimate of drug-likeness (QED) is 0.556. The first-order valence-corrected chi connectivity index (χ1v) is 5.47. The van der Waals surface area contributed by atoms with Gasteiger partial charge in [-0.05, 0) is 18.2 Å². The molecule has 2 rings (SSSR count). The largest absolute Gasteiger partial charge is 0.206 e. The Balaban J connectivity index is 2.75. The monoisotopic (exact) mass is 232 g/mol. The van der Waals surface area contributed by atoms with Gasteiger partial charge in [-0.3, -0.25) is 0 Å². The van der Waals surface area contributed by atoms with E-state index in [1.54, 1.807) is 6.07 Å². The van der Waals surface area contributed by atoms with Gasteiger partial charge in [-0.1, -0.05) is 0 Å². The Morgan fingerprint density at radius 2 is 2.15 bits per heavy atom. The van der Waals surface area contributed by atoms with Crippen molar-refractivity contribution in [1.82, 2.24) is 0 Å². The Morgan fingerprint density at radius 3 is 2.85 bits per heavy atom. The normalized spacial score (nSPS) is 11.0. The maximum Gasteiger partial charge on any atom is 0.132 e. The molecule has 0 aliphatic rings. The number of fused-ring (bicyclic) bond motifs is 1. The molecule has 0 fully saturated rings. The fourth-order valence-corrected chi connectivity index (χ4v) is 2.74. The molecule has 0 bridgehead atoms. The molecule has 13 heavy (non-hydrogen) atoms. The molecule has 4 heteroatoms. The molecule has 0 nitrogen and oxygen atoms in total. The predicted molar refractivity (Wildman–Crippen MR) is 58.6 cm³/mol. The standard InChI is InChI=1S/C9H6ClFS2/c10-4-6-3-7-8(11)1-5(12)2-9(7)13-6/h1-3,12H,4H2. The van der Waals surface area contributed by atoms with Crippen molar-refractivity contribution < 1.29 is 4.39 Å². The fourth-order valence-electron chi connectivity index (χ4n) is 1.20. The molecule has 0 saturated carbocycles. The highest BCUT2D eigenvalue weighted by atomic mass is 35.5. The number of rotatable bonds is 1. The maximum atomic E-state index is 13.3. The summed E-state index contributed by atoms with van der Waals surface area (Å²) in [6.45, 7) is 0. The summed E-state index contributed by atoms with van der Waals surface area (Å²) in [5.41, 5.74) is 0. The molecule has 0 saturated heterocycles. The van der Waals surface area contributed by atoms with E-state index in [0.29, 0.717) is 16.2 Å². The summed E-state index contributed by atoms with van der Waals surface area (Å²) < 4.78 is 14.2. The first-order valence-electron chi connectivity index (χ1n) is 3.67. The van der Waals surface area contributed by atoms with Crippen LogP contribution in [0.25, 0.3) is 10.1 Å². The van der Waals surface area contributed by atoms with Gasteiger partial charge in [0.05, 0.1) is 5.88 Å². The van der Waals surface area contributed by atoms with Crippen molar-refractivity contribution >= 4 is 45.7 Å². The molecule has 0 aliphatic carbocycles. The second-order valence-electron chi connectivity index (χ2n) is 2.69. The molecule has 0 spiro atoms. The van der Waals surface area contributed by atoms with Crippen LogP contribution in [0.15, 0.2) is 23.1 Å². The highest BCUT2D eigenvalue weighted by Crippen LogP contribution is 2.30. The van der Waals surface area contributed by atoms with Crippen molar-refractivity contribution in [2.24, 2.45) is 0 Å². The Kier molecular flexibility index (Phi) is 2.49. The Bertz CT molecular complexity index is 450. The second-order valence-corrected chi connectivity index (χ2v) is 4.64. The average Bonchev–Trinajstić information content (AvgIpc) is 2.47. The summed E-state index contributed by atoms with van der Waals surface area (Å²) in [7, 11) is 0. The zero-order valence-corrected chi connectivity index (χ0v) is 9.02. The Hall–Kier alpha value is -0.250. The van der Waals surface area contributed by atoms with E-state index in [0.717, 1.165) is 9.58 Å². The number of hydrogen-bond acceptors (Lipinski definition) is 2. The highest BCUT2D eigenvalue weighted by molar-refractivity contribution is 7.80. The van der Waals surface area contributed by atoms with Crippen LogP contribution in [0.4, 0.5) is 4.39 Å². The molecular weight excluding hydrogens is 227 g/mol. The van der Waals surface area contributed by atoms with Crippen LogP contribution >= 0.6 is 35.6 Å². The van der Waals surface area contributed by atoms with Gasteiger partial charge in [0.15, 0.2) is 0 Å². The third kappa shape index (κ3) is 1.68. The van der Waals surface area contributed by atoms with Gasteiger partial charge < -0.3 is 0 Å². The Morgan fingerprint density at radius 1 is 1.38 bits per heavy atom. The van der Waals surface area contributed by atoms with E-state index < -0.39 is 0 Å². The van der Waals surface area contributed by atoms with Crippen molar-refractivity contribution in [2.75, 3.05) is 0 Å². The Labute approximate surface area is 89.7 Å². The number of hydrogen-bond donors (Lipinski definition) is 1. The number of thiol groups is 1. The van der Waals surface area contributed by atoms with E-state index in [1.165, 1.54) is 17.4 Å². The van der Waals surface area contributed by atoms with Gasteiger partial charge in [0, 0.05) is 19.9 Å². The minimum absolute atomic E-state index is 0.227. The predicted octanol–water partition coefficient (Wildman–Crippen LogP) is 4.07. The van der Waals surface area contributed by atoms with Gasteiger partial charge in [0.1, 0.15) is 5.82 Å². The topological polar surface area (TPSA) is 0 Å². The maximum absolute atomic E-state index is 13.3. The van der Waals surface area contributed by atoms with Crippen molar-refractivity contribution in [3.63, 3.8) is 0 Å². The molecule has 0 unspecified atom stereocenters. The van der Waals surface area contributed by atoms with Gasteiger partial charge in [-0.2, -0.15) is 0 Å². The van der Waals surface area contributed by atoms with Crippen molar-refractivity contribution in [3.8, 4) is 0 Å². The molecule has 1 aromatic carbocycles. The lowest BCUT2D eigenvalue weighted by atomic mass is 10.2. The van der Waals surface area contributed by atoms with E-state index in [9.17, 15) is 4.39 Å². The second kappa shape index (κ2) is 3.48. The SMILES string of the molecule is Fc1cc(S)cc2sc(CCl)cc12. The third-order valence-corrected chi connectivity index (χ3v) is 3.54. The number of halogens is 2. The highest BCUT2D eigenvalue weighted by Gasteiger charge is 2.06. The zero-order valence-electron chi connectivity index (χ0n) is 6.55. The lowest BCUT2D eigenvalue weighted by molar-refractivity contribution is 0.637. The lowest BCUT2D eigenvalue weighted by Crippen LogP contribution is -1.74. The molecule has 0 N–H and O–H groups in total. The van der Waals surface area contributed by atoms with Gasteiger partial charge in [0.2, 0.25) is 0 Å². The molecule has 0 radical (unpaired) electrons. The number of benzene rings is 1. The summed E-state index contributed by atoms with van der Waals surface area (Å²) in [6, 6.07) is 5.05. The van der Waals surface area contributed by atoms with Crippen molar-refractivity contribution in [2.45, 2.75) is 10.8 Å². The summed E-state index contributed by atoms with van der Waals surface area (Å²) in [6.07, 6.45) is 0. The molecule has 0 amide bonds. The average molecular weight is 233 g/mol. The van der Waals surface area contributed by atoms with E-state index in [-0.39, 0.29) is 5.82 Å². The van der Waals surface area contributed by atoms with E-state index >= 15 is 0 Å². The zero-order chi connectivity index (χ0) is 9.42. The smallest absolute Gasteiger partial charge is 0.132 e. The summed E-state index contributed by atoms with van der Waals surface area (Å²) in [4.78, 5) is 1.63. The minimum atomic E-state index is -0.227. The van der Waals surface area contributed by atoms with Gasteiger partial charge >= 0.3 is 0 Å². The van der Waals surface area contributed by atoms with Crippen LogP contribution < -0.4 is 0 Å². The van der Waals surface area contributed by atoms with E-state index in [2.05, 4.69) is 12.6 Å². The van der Waals surface area contributed by atoms with Crippen LogP contribution in [-0.4, -0.2) is 0 Å². The van der Waals surface area contributed by atoms with Gasteiger partial charge in [0.25, 0.3) is 0 Å². The molecule has 1 heterocycles. The van der Waals surface area contributed by atoms with Crippen LogP contribution in [0.1, 0.15) is 4.88 Å².